The standard InChI is InChI=1S/C55H91N3O16P2/c1-4-6-7-8-26-31-36-46(59)37-32-27-22-18-15-16-19-23-28-33-38-50(60)69-42-47(72-51(61)39-34-29-24-20-14-12-10-9-11-13-17-21-25-30-35-45(3)5-2)43-70-75(65,66)74-76(67,68)71-44-48-52(62)53(63)54(73-48)58-41-40-49(56)57-55(58)64/h6-7,15-16,22-23,26-28,31-32,37,40-41,45-48,52-54,59,62-63H,4-5,8-14,17-21,24-25,29-30,33-36,38-39,42-44H2,1-3H3,(H,65,66)(H,67,68)(H2,56,57,64)/b7-6-,16-15-,27-22-,28-23-,31-26-,37-32+/t45?,46?,47-,48-,52-,53-,54-/m1/s1. The molecule has 76 heavy (non-hydrogen) atoms. The third-order valence-corrected chi connectivity index (χ3v) is 15.0. The number of aliphatic hydroxyl groups excluding tert-OH is 3. The first kappa shape index (κ1) is 68.3. The summed E-state index contributed by atoms with van der Waals surface area (Å²) in [7, 11) is -10.9. The Kier molecular flexibility index (Phi) is 37.0. The summed E-state index contributed by atoms with van der Waals surface area (Å²) in [6.07, 6.45) is 38.7. The number of esters is 2. The molecular formula is C55H91N3O16P2. The van der Waals surface area contributed by atoms with Crippen molar-refractivity contribution in [3.8, 4) is 0 Å². The van der Waals surface area contributed by atoms with Crippen LogP contribution in [0, 0.1) is 5.92 Å². The van der Waals surface area contributed by atoms with E-state index < -0.39 is 89.8 Å². The molecule has 0 aromatic carbocycles. The second kappa shape index (κ2) is 41.2. The second-order valence-electron chi connectivity index (χ2n) is 19.2. The molecule has 1 fully saturated rings. The van der Waals surface area contributed by atoms with Crippen molar-refractivity contribution in [1.29, 1.82) is 0 Å². The highest BCUT2D eigenvalue weighted by Gasteiger charge is 2.46. The van der Waals surface area contributed by atoms with Crippen LogP contribution in [0.15, 0.2) is 90.0 Å². The van der Waals surface area contributed by atoms with Gasteiger partial charge >= 0.3 is 33.3 Å². The van der Waals surface area contributed by atoms with Crippen LogP contribution in [0.25, 0.3) is 0 Å². The fraction of sp³-hybridized carbons (Fsp3) is 0.673. The molecule has 9 atom stereocenters. The zero-order valence-electron chi connectivity index (χ0n) is 45.3. The molecule has 432 valence electrons. The van der Waals surface area contributed by atoms with E-state index in [1.165, 1.54) is 76.7 Å². The molecule has 0 aliphatic carbocycles. The Hall–Kier alpha value is -3.84. The number of carbonyl (C=O) groups is 2. The minimum Gasteiger partial charge on any atom is -0.462 e. The van der Waals surface area contributed by atoms with E-state index in [0.717, 1.165) is 55.2 Å². The summed E-state index contributed by atoms with van der Waals surface area (Å²) in [6, 6.07) is 1.24. The van der Waals surface area contributed by atoms with Gasteiger partial charge in [0.05, 0.1) is 19.3 Å². The lowest BCUT2D eigenvalue weighted by atomic mass is 9.99. The zero-order valence-corrected chi connectivity index (χ0v) is 47.1. The number of aromatic nitrogens is 2. The second-order valence-corrected chi connectivity index (χ2v) is 22.2. The minimum atomic E-state index is -5.45. The molecule has 19 nitrogen and oxygen atoms in total. The molecule has 1 aromatic rings. The largest absolute Gasteiger partial charge is 0.481 e. The first-order valence-corrected chi connectivity index (χ1v) is 30.4. The Bertz CT molecular complexity index is 2090. The number of hydrogen-bond donors (Lipinski definition) is 6. The van der Waals surface area contributed by atoms with E-state index in [0.29, 0.717) is 32.1 Å². The zero-order chi connectivity index (χ0) is 55.9. The third-order valence-electron chi connectivity index (χ3n) is 12.4. The van der Waals surface area contributed by atoms with Gasteiger partial charge in [0.25, 0.3) is 0 Å². The highest BCUT2D eigenvalue weighted by atomic mass is 31.3. The lowest BCUT2D eigenvalue weighted by molar-refractivity contribution is -0.161. The molecule has 2 rings (SSSR count). The summed E-state index contributed by atoms with van der Waals surface area (Å²) in [6.45, 7) is 4.26. The van der Waals surface area contributed by atoms with E-state index in [1.807, 2.05) is 54.7 Å². The number of rotatable bonds is 44. The van der Waals surface area contributed by atoms with Gasteiger partial charge in [0.1, 0.15) is 30.7 Å². The SMILES string of the molecule is CC/C=C\C/C=C\CC(O)/C=C/C=C\C/C=C\C/C=C\CCC(=O)OC[C@H](COP(=O)(O)OP(=O)(O)OC[C@H]1O[C@@H](n2ccc(N)nc2=O)[C@H](O)[C@@H]1O)OC(=O)CCCCCCCCCCCCCCCCC(C)CC. The van der Waals surface area contributed by atoms with Gasteiger partial charge in [-0.05, 0) is 56.9 Å². The number of nitrogens with zero attached hydrogens (tertiary/aromatic N) is 2. The molecule has 1 saturated heterocycles. The quantitative estimate of drug-likeness (QED) is 0.0116. The predicted octanol–water partition coefficient (Wildman–Crippen LogP) is 10.9. The Morgan fingerprint density at radius 3 is 1.96 bits per heavy atom. The summed E-state index contributed by atoms with van der Waals surface area (Å²) in [4.78, 5) is 62.0. The molecule has 0 saturated carbocycles. The molecule has 7 N–H and O–H groups in total. The van der Waals surface area contributed by atoms with Crippen molar-refractivity contribution in [2.75, 3.05) is 25.6 Å². The van der Waals surface area contributed by atoms with Crippen molar-refractivity contribution in [1.82, 2.24) is 9.55 Å². The van der Waals surface area contributed by atoms with E-state index in [-0.39, 0.29) is 18.7 Å². The molecule has 4 unspecified atom stereocenters. The van der Waals surface area contributed by atoms with Crippen LogP contribution in [0.5, 0.6) is 0 Å². The smallest absolute Gasteiger partial charge is 0.462 e. The molecule has 1 aliphatic heterocycles. The maximum Gasteiger partial charge on any atom is 0.481 e. The summed E-state index contributed by atoms with van der Waals surface area (Å²) in [5.41, 5.74) is 4.58. The van der Waals surface area contributed by atoms with E-state index in [9.17, 15) is 48.6 Å². The van der Waals surface area contributed by atoms with Crippen LogP contribution < -0.4 is 11.4 Å². The Morgan fingerprint density at radius 1 is 0.750 bits per heavy atom. The van der Waals surface area contributed by atoms with Gasteiger partial charge in [0.15, 0.2) is 12.3 Å². The maximum absolute atomic E-state index is 12.9. The number of nitrogens with two attached hydrogens (primary N) is 1. The number of ether oxygens (including phenoxy) is 3. The normalized spacial score (nSPS) is 20.1. The van der Waals surface area contributed by atoms with E-state index in [4.69, 9.17) is 29.0 Å². The monoisotopic (exact) mass is 1110 g/mol. The van der Waals surface area contributed by atoms with Gasteiger partial charge in [-0.15, -0.1) is 0 Å². The van der Waals surface area contributed by atoms with Gasteiger partial charge in [-0.1, -0.05) is 190 Å². The summed E-state index contributed by atoms with van der Waals surface area (Å²) in [5.74, 6) is -0.594. The third kappa shape index (κ3) is 33.5. The summed E-state index contributed by atoms with van der Waals surface area (Å²) < 4.78 is 56.8. The highest BCUT2D eigenvalue weighted by molar-refractivity contribution is 7.61. The van der Waals surface area contributed by atoms with E-state index >= 15 is 0 Å². The molecule has 0 spiro atoms. The summed E-state index contributed by atoms with van der Waals surface area (Å²) in [5, 5.41) is 31.0. The number of aliphatic hydroxyl groups is 3. The number of carbonyl (C=O) groups excluding carboxylic acids is 2. The van der Waals surface area contributed by atoms with Crippen molar-refractivity contribution >= 4 is 33.4 Å². The Labute approximate surface area is 451 Å². The molecule has 2 heterocycles. The van der Waals surface area contributed by atoms with Crippen LogP contribution in [0.2, 0.25) is 0 Å². The van der Waals surface area contributed by atoms with Crippen molar-refractivity contribution in [2.45, 2.75) is 212 Å². The van der Waals surface area contributed by atoms with Crippen LogP contribution in [0.4, 0.5) is 5.82 Å². The molecule has 0 amide bonds. The summed E-state index contributed by atoms with van der Waals surface area (Å²) >= 11 is 0. The highest BCUT2D eigenvalue weighted by Crippen LogP contribution is 2.60. The Morgan fingerprint density at radius 2 is 1.33 bits per heavy atom. The molecule has 21 heteroatoms. The Balaban J connectivity index is 1.82. The lowest BCUT2D eigenvalue weighted by Crippen LogP contribution is -2.36. The van der Waals surface area contributed by atoms with Gasteiger partial charge in [-0.25, -0.2) is 13.9 Å². The molecular weight excluding hydrogens is 1020 g/mol. The van der Waals surface area contributed by atoms with Crippen LogP contribution >= 0.6 is 15.6 Å². The van der Waals surface area contributed by atoms with Crippen molar-refractivity contribution in [2.24, 2.45) is 5.92 Å². The van der Waals surface area contributed by atoms with Gasteiger partial charge in [0.2, 0.25) is 0 Å². The number of hydrogen-bond acceptors (Lipinski definition) is 16. The van der Waals surface area contributed by atoms with Crippen LogP contribution in [0.1, 0.15) is 181 Å². The first-order chi connectivity index (χ1) is 36.5. The van der Waals surface area contributed by atoms with Gasteiger partial charge in [-0.3, -0.25) is 23.2 Å². The van der Waals surface area contributed by atoms with Gasteiger partial charge in [0, 0.05) is 19.0 Å². The van der Waals surface area contributed by atoms with E-state index in [1.54, 1.807) is 6.08 Å². The average molecular weight is 1110 g/mol. The molecule has 0 bridgehead atoms. The van der Waals surface area contributed by atoms with Gasteiger partial charge < -0.3 is 45.1 Å². The molecule has 1 aliphatic rings. The fourth-order valence-electron chi connectivity index (χ4n) is 7.81. The number of nitrogen functional groups attached to an aromatic ring is 1. The number of allylic oxidation sites excluding steroid dienone is 10. The minimum absolute atomic E-state index is 0.0233. The lowest BCUT2D eigenvalue weighted by Gasteiger charge is -2.21. The fourth-order valence-corrected chi connectivity index (χ4v) is 9.92. The van der Waals surface area contributed by atoms with Crippen molar-refractivity contribution in [3.63, 3.8) is 0 Å². The topological polar surface area (TPSA) is 286 Å². The van der Waals surface area contributed by atoms with E-state index in [2.05, 4.69) is 42.2 Å². The number of anilines is 1. The molecule has 0 radical (unpaired) electrons. The van der Waals surface area contributed by atoms with Crippen LogP contribution in [-0.2, 0) is 46.3 Å². The van der Waals surface area contributed by atoms with Crippen LogP contribution in [-0.4, -0.2) is 96.9 Å². The number of phosphoric ester groups is 2. The maximum atomic E-state index is 12.9. The number of phosphoric acid groups is 2. The number of unbranched alkanes of at least 4 members (excludes halogenated alkanes) is 13. The van der Waals surface area contributed by atoms with Crippen molar-refractivity contribution in [3.05, 3.63) is 95.7 Å². The predicted molar refractivity (Wildman–Crippen MR) is 294 cm³/mol. The van der Waals surface area contributed by atoms with Crippen LogP contribution in [0.3, 0.4) is 0 Å². The average Bonchev–Trinajstić information content (AvgIpc) is 3.65. The molecule has 1 aromatic heterocycles. The van der Waals surface area contributed by atoms with Crippen molar-refractivity contribution < 1.29 is 71.4 Å². The van der Waals surface area contributed by atoms with Gasteiger partial charge in [-0.2, -0.15) is 9.29 Å². The first-order valence-electron chi connectivity index (χ1n) is 27.5.